The van der Waals surface area contributed by atoms with Gasteiger partial charge < -0.3 is 5.32 Å². The first-order valence-electron chi connectivity index (χ1n) is 5.81. The number of rotatable bonds is 3. The number of aryl methyl sites for hydroxylation is 2. The Morgan fingerprint density at radius 1 is 1.06 bits per heavy atom. The van der Waals surface area contributed by atoms with Gasteiger partial charge in [-0.05, 0) is 54.8 Å². The van der Waals surface area contributed by atoms with E-state index in [0.29, 0.717) is 6.54 Å². The summed E-state index contributed by atoms with van der Waals surface area (Å²) >= 11 is 3.48. The minimum absolute atomic E-state index is 0.199. The number of hydrogen-bond donors (Lipinski definition) is 1. The fourth-order valence-corrected chi connectivity index (χ4v) is 2.67. The molecule has 0 saturated carbocycles. The van der Waals surface area contributed by atoms with Crippen LogP contribution in [0.25, 0.3) is 0 Å². The lowest BCUT2D eigenvalue weighted by Gasteiger charge is -2.13. The molecule has 94 valence electrons. The van der Waals surface area contributed by atoms with Crippen molar-refractivity contribution in [3.05, 3.63) is 63.4 Å². The minimum atomic E-state index is -0.199. The molecule has 0 spiro atoms. The van der Waals surface area contributed by atoms with Crippen LogP contribution < -0.4 is 5.32 Å². The summed E-state index contributed by atoms with van der Waals surface area (Å²) in [6, 6.07) is 10.7. The van der Waals surface area contributed by atoms with Gasteiger partial charge in [-0.25, -0.2) is 4.39 Å². The van der Waals surface area contributed by atoms with Gasteiger partial charge in [0.15, 0.2) is 0 Å². The van der Waals surface area contributed by atoms with E-state index in [0.717, 1.165) is 15.7 Å². The Kier molecular flexibility index (Phi) is 4.02. The second kappa shape index (κ2) is 5.53. The van der Waals surface area contributed by atoms with Crippen LogP contribution >= 0.6 is 15.9 Å². The molecule has 1 N–H and O–H groups in total. The average Bonchev–Trinajstić information content (AvgIpc) is 2.30. The zero-order valence-electron chi connectivity index (χ0n) is 10.4. The topological polar surface area (TPSA) is 12.0 Å². The van der Waals surface area contributed by atoms with Crippen molar-refractivity contribution < 1.29 is 4.39 Å². The van der Waals surface area contributed by atoms with Crippen LogP contribution in [0, 0.1) is 19.7 Å². The lowest BCUT2D eigenvalue weighted by molar-refractivity contribution is 0.627. The maximum absolute atomic E-state index is 12.8. The van der Waals surface area contributed by atoms with Gasteiger partial charge in [0.2, 0.25) is 0 Å². The first-order valence-corrected chi connectivity index (χ1v) is 6.60. The molecule has 0 heterocycles. The van der Waals surface area contributed by atoms with E-state index in [9.17, 15) is 4.39 Å². The third-order valence-corrected chi connectivity index (χ3v) is 3.34. The van der Waals surface area contributed by atoms with Crippen molar-refractivity contribution in [3.8, 4) is 0 Å². The lowest BCUT2D eigenvalue weighted by atomic mass is 10.1. The molecule has 0 aliphatic carbocycles. The second-order valence-electron chi connectivity index (χ2n) is 4.39. The molecule has 0 amide bonds. The van der Waals surface area contributed by atoms with Crippen molar-refractivity contribution in [3.63, 3.8) is 0 Å². The highest BCUT2D eigenvalue weighted by Crippen LogP contribution is 2.25. The van der Waals surface area contributed by atoms with Gasteiger partial charge in [-0.3, -0.25) is 0 Å². The number of nitrogens with one attached hydrogen (secondary N) is 1. The van der Waals surface area contributed by atoms with Gasteiger partial charge in [-0.15, -0.1) is 0 Å². The van der Waals surface area contributed by atoms with E-state index in [1.54, 1.807) is 12.1 Å². The van der Waals surface area contributed by atoms with E-state index in [1.165, 1.54) is 23.3 Å². The minimum Gasteiger partial charge on any atom is -0.381 e. The summed E-state index contributed by atoms with van der Waals surface area (Å²) in [4.78, 5) is 0. The number of anilines is 1. The van der Waals surface area contributed by atoms with E-state index in [1.807, 2.05) is 0 Å². The van der Waals surface area contributed by atoms with Gasteiger partial charge in [0.25, 0.3) is 0 Å². The smallest absolute Gasteiger partial charge is 0.123 e. The quantitative estimate of drug-likeness (QED) is 0.857. The second-order valence-corrected chi connectivity index (χ2v) is 5.31. The third kappa shape index (κ3) is 3.10. The van der Waals surface area contributed by atoms with E-state index in [4.69, 9.17) is 0 Å². The predicted molar refractivity (Wildman–Crippen MR) is 77.3 cm³/mol. The molecule has 3 heteroatoms. The van der Waals surface area contributed by atoms with Crippen molar-refractivity contribution >= 4 is 21.6 Å². The summed E-state index contributed by atoms with van der Waals surface area (Å²) in [7, 11) is 0. The third-order valence-electron chi connectivity index (χ3n) is 2.88. The van der Waals surface area contributed by atoms with Gasteiger partial charge in [-0.2, -0.15) is 0 Å². The van der Waals surface area contributed by atoms with Crippen molar-refractivity contribution in [2.24, 2.45) is 0 Å². The summed E-state index contributed by atoms with van der Waals surface area (Å²) in [6.07, 6.45) is 0. The first-order chi connectivity index (χ1) is 8.56. The zero-order valence-corrected chi connectivity index (χ0v) is 12.0. The Balaban J connectivity index is 2.13. The first kappa shape index (κ1) is 13.1. The van der Waals surface area contributed by atoms with Crippen LogP contribution in [0.15, 0.2) is 40.9 Å². The highest BCUT2D eigenvalue weighted by molar-refractivity contribution is 9.10. The molecule has 2 rings (SSSR count). The number of halogens is 2. The summed E-state index contributed by atoms with van der Waals surface area (Å²) < 4.78 is 13.9. The highest BCUT2D eigenvalue weighted by atomic mass is 79.9. The van der Waals surface area contributed by atoms with Crippen LogP contribution in [0.3, 0.4) is 0 Å². The Labute approximate surface area is 115 Å². The fraction of sp³-hybridized carbons (Fsp3) is 0.200. The Hall–Kier alpha value is -1.35. The normalized spacial score (nSPS) is 10.4. The molecule has 0 bridgehead atoms. The van der Waals surface area contributed by atoms with Gasteiger partial charge in [-0.1, -0.05) is 28.1 Å². The highest BCUT2D eigenvalue weighted by Gasteiger charge is 2.04. The van der Waals surface area contributed by atoms with E-state index in [2.05, 4.69) is 47.2 Å². The Morgan fingerprint density at radius 2 is 1.61 bits per heavy atom. The molecule has 0 fully saturated rings. The van der Waals surface area contributed by atoms with Gasteiger partial charge in [0, 0.05) is 16.7 Å². The molecule has 0 saturated heterocycles. The maximum Gasteiger partial charge on any atom is 0.123 e. The molecule has 0 unspecified atom stereocenters. The van der Waals surface area contributed by atoms with Gasteiger partial charge >= 0.3 is 0 Å². The molecular weight excluding hydrogens is 293 g/mol. The maximum atomic E-state index is 12.8. The monoisotopic (exact) mass is 307 g/mol. The summed E-state index contributed by atoms with van der Waals surface area (Å²) in [6.45, 7) is 4.85. The average molecular weight is 308 g/mol. The van der Waals surface area contributed by atoms with Crippen molar-refractivity contribution in [2.45, 2.75) is 20.4 Å². The summed E-state index contributed by atoms with van der Waals surface area (Å²) in [5.41, 5.74) is 4.61. The Morgan fingerprint density at radius 3 is 2.17 bits per heavy atom. The number of hydrogen-bond acceptors (Lipinski definition) is 1. The number of benzene rings is 2. The zero-order chi connectivity index (χ0) is 13.1. The molecule has 0 atom stereocenters. The molecule has 2 aromatic rings. The largest absolute Gasteiger partial charge is 0.381 e. The summed E-state index contributed by atoms with van der Waals surface area (Å²) in [5, 5.41) is 3.40. The Bertz CT molecular complexity index is 526. The fourth-order valence-electron chi connectivity index (χ4n) is 1.98. The molecular formula is C15H15BrFN. The van der Waals surface area contributed by atoms with Gasteiger partial charge in [0.05, 0.1) is 0 Å². The predicted octanol–water partition coefficient (Wildman–Crippen LogP) is 4.82. The van der Waals surface area contributed by atoms with Crippen molar-refractivity contribution in [1.29, 1.82) is 0 Å². The standard InChI is InChI=1S/C15H15BrFN/c1-10-7-13(16)8-11(2)15(10)18-9-12-3-5-14(17)6-4-12/h3-8,18H,9H2,1-2H3. The lowest BCUT2D eigenvalue weighted by Crippen LogP contribution is -2.03. The summed E-state index contributed by atoms with van der Waals surface area (Å²) in [5.74, 6) is -0.199. The molecule has 1 nitrogen and oxygen atoms in total. The molecule has 2 aromatic carbocycles. The molecule has 0 aromatic heterocycles. The SMILES string of the molecule is Cc1cc(Br)cc(C)c1NCc1ccc(F)cc1. The molecule has 0 radical (unpaired) electrons. The van der Waals surface area contributed by atoms with E-state index in [-0.39, 0.29) is 5.82 Å². The van der Waals surface area contributed by atoms with Crippen LogP contribution in [-0.2, 0) is 6.54 Å². The molecule has 18 heavy (non-hydrogen) atoms. The van der Waals surface area contributed by atoms with Crippen LogP contribution in [-0.4, -0.2) is 0 Å². The molecule has 0 aliphatic rings. The van der Waals surface area contributed by atoms with Crippen molar-refractivity contribution in [1.82, 2.24) is 0 Å². The van der Waals surface area contributed by atoms with Crippen LogP contribution in [0.1, 0.15) is 16.7 Å². The van der Waals surface area contributed by atoms with Crippen molar-refractivity contribution in [2.75, 3.05) is 5.32 Å². The van der Waals surface area contributed by atoms with Crippen LogP contribution in [0.2, 0.25) is 0 Å². The van der Waals surface area contributed by atoms with E-state index < -0.39 is 0 Å². The van der Waals surface area contributed by atoms with E-state index >= 15 is 0 Å². The van der Waals surface area contributed by atoms with Crippen LogP contribution in [0.5, 0.6) is 0 Å². The van der Waals surface area contributed by atoms with Gasteiger partial charge in [0.1, 0.15) is 5.82 Å². The van der Waals surface area contributed by atoms with Crippen LogP contribution in [0.4, 0.5) is 10.1 Å². The molecule has 0 aliphatic heterocycles.